The fourth-order valence-corrected chi connectivity index (χ4v) is 3.02. The lowest BCUT2D eigenvalue weighted by Crippen LogP contribution is -2.31. The Labute approximate surface area is 145 Å². The summed E-state index contributed by atoms with van der Waals surface area (Å²) >= 11 is 0.926. The molecule has 0 unspecified atom stereocenters. The lowest BCUT2D eigenvalue weighted by atomic mass is 10.2. The van der Waals surface area contributed by atoms with Crippen molar-refractivity contribution in [3.8, 4) is 11.5 Å². The van der Waals surface area contributed by atoms with Crippen LogP contribution in [0.25, 0.3) is 6.08 Å². The molecule has 1 saturated heterocycles. The fourth-order valence-electron chi connectivity index (χ4n) is 2.15. The minimum Gasteiger partial charge on any atom is -0.493 e. The molecular weight excluding hydrogens is 330 g/mol. The zero-order valence-corrected chi connectivity index (χ0v) is 15.0. The first-order chi connectivity index (χ1) is 11.5. The highest BCUT2D eigenvalue weighted by Crippen LogP contribution is 2.34. The molecule has 0 bridgehead atoms. The number of amides is 2. The van der Waals surface area contributed by atoms with E-state index in [9.17, 15) is 9.59 Å². The van der Waals surface area contributed by atoms with Crippen molar-refractivity contribution in [2.75, 3.05) is 27.4 Å². The fraction of sp³-hybridized carbons (Fsp3) is 0.412. The van der Waals surface area contributed by atoms with Crippen LogP contribution in [-0.2, 0) is 9.53 Å². The summed E-state index contributed by atoms with van der Waals surface area (Å²) in [4.78, 5) is 25.8. The van der Waals surface area contributed by atoms with Crippen LogP contribution in [0.1, 0.15) is 19.4 Å². The van der Waals surface area contributed by atoms with Crippen LogP contribution < -0.4 is 9.47 Å². The largest absolute Gasteiger partial charge is 0.493 e. The minimum atomic E-state index is -0.302. The summed E-state index contributed by atoms with van der Waals surface area (Å²) in [6, 6.07) is 5.39. The number of benzene rings is 1. The summed E-state index contributed by atoms with van der Waals surface area (Å²) in [5, 5.41) is -0.282. The third-order valence-electron chi connectivity index (χ3n) is 3.24. The van der Waals surface area contributed by atoms with Gasteiger partial charge in [0.15, 0.2) is 11.5 Å². The zero-order valence-electron chi connectivity index (χ0n) is 14.2. The number of ether oxygens (including phenoxy) is 3. The van der Waals surface area contributed by atoms with E-state index in [1.165, 1.54) is 12.0 Å². The number of imide groups is 1. The topological polar surface area (TPSA) is 65.1 Å². The van der Waals surface area contributed by atoms with Crippen molar-refractivity contribution in [1.29, 1.82) is 0 Å². The second kappa shape index (κ2) is 8.21. The van der Waals surface area contributed by atoms with E-state index in [0.29, 0.717) is 23.0 Å². The van der Waals surface area contributed by atoms with E-state index < -0.39 is 0 Å². The van der Waals surface area contributed by atoms with Gasteiger partial charge in [0, 0.05) is 7.11 Å². The molecule has 1 heterocycles. The second-order valence-electron chi connectivity index (χ2n) is 5.40. The maximum Gasteiger partial charge on any atom is 0.293 e. The van der Waals surface area contributed by atoms with Crippen LogP contribution in [0.2, 0.25) is 0 Å². The summed E-state index contributed by atoms with van der Waals surface area (Å²) in [5.41, 5.74) is 0.764. The van der Waals surface area contributed by atoms with Gasteiger partial charge in [0.2, 0.25) is 0 Å². The number of hydrogen-bond donors (Lipinski definition) is 0. The number of carbonyl (C=O) groups is 2. The molecule has 1 aromatic carbocycles. The van der Waals surface area contributed by atoms with Crippen LogP contribution in [0.5, 0.6) is 11.5 Å². The summed E-state index contributed by atoms with van der Waals surface area (Å²) < 4.78 is 15.9. The van der Waals surface area contributed by atoms with Gasteiger partial charge in [0.25, 0.3) is 11.1 Å². The Morgan fingerprint density at radius 2 is 1.96 bits per heavy atom. The molecule has 6 nitrogen and oxygen atoms in total. The predicted molar refractivity (Wildman–Crippen MR) is 93.3 cm³/mol. The van der Waals surface area contributed by atoms with Crippen molar-refractivity contribution in [2.45, 2.75) is 20.0 Å². The van der Waals surface area contributed by atoms with Gasteiger partial charge in [0.05, 0.1) is 31.3 Å². The molecule has 0 saturated carbocycles. The van der Waals surface area contributed by atoms with Crippen molar-refractivity contribution >= 4 is 29.0 Å². The highest BCUT2D eigenvalue weighted by Gasteiger charge is 2.34. The average molecular weight is 351 g/mol. The standard InChI is InChI=1S/C17H21NO5S/c1-11(2)23-13-6-5-12(9-14(13)22-4)10-15-16(19)18(7-8-21-3)17(20)24-15/h5-6,9-11H,7-8H2,1-4H3/b15-10+. The van der Waals surface area contributed by atoms with Gasteiger partial charge in [-0.05, 0) is 49.4 Å². The van der Waals surface area contributed by atoms with E-state index in [-0.39, 0.29) is 23.8 Å². The summed E-state index contributed by atoms with van der Waals surface area (Å²) in [7, 11) is 3.09. The molecule has 2 rings (SSSR count). The summed E-state index contributed by atoms with van der Waals surface area (Å²) in [6.45, 7) is 4.44. The van der Waals surface area contributed by atoms with E-state index in [1.54, 1.807) is 25.3 Å². The first-order valence-electron chi connectivity index (χ1n) is 7.55. The molecule has 0 aliphatic carbocycles. The lowest BCUT2D eigenvalue weighted by Gasteiger charge is -2.14. The quantitative estimate of drug-likeness (QED) is 0.703. The average Bonchev–Trinajstić information content (AvgIpc) is 2.80. The highest BCUT2D eigenvalue weighted by molar-refractivity contribution is 8.18. The van der Waals surface area contributed by atoms with Crippen molar-refractivity contribution in [3.63, 3.8) is 0 Å². The first-order valence-corrected chi connectivity index (χ1v) is 8.37. The van der Waals surface area contributed by atoms with Crippen LogP contribution in [0.15, 0.2) is 23.1 Å². The van der Waals surface area contributed by atoms with Crippen LogP contribution in [-0.4, -0.2) is 49.5 Å². The molecule has 24 heavy (non-hydrogen) atoms. The van der Waals surface area contributed by atoms with Crippen LogP contribution in [0.4, 0.5) is 4.79 Å². The molecular formula is C17H21NO5S. The molecule has 130 valence electrons. The van der Waals surface area contributed by atoms with Gasteiger partial charge in [-0.15, -0.1) is 0 Å². The Morgan fingerprint density at radius 3 is 2.58 bits per heavy atom. The third-order valence-corrected chi connectivity index (χ3v) is 4.15. The number of rotatable bonds is 7. The van der Waals surface area contributed by atoms with Crippen molar-refractivity contribution in [2.24, 2.45) is 0 Å². The number of methoxy groups -OCH3 is 2. The highest BCUT2D eigenvalue weighted by atomic mass is 32.2. The van der Waals surface area contributed by atoms with Crippen LogP contribution in [0, 0.1) is 0 Å². The van der Waals surface area contributed by atoms with E-state index in [1.807, 2.05) is 19.9 Å². The molecule has 1 fully saturated rings. The van der Waals surface area contributed by atoms with E-state index in [0.717, 1.165) is 17.3 Å². The number of thioether (sulfide) groups is 1. The second-order valence-corrected chi connectivity index (χ2v) is 6.40. The smallest absolute Gasteiger partial charge is 0.293 e. The van der Waals surface area contributed by atoms with Gasteiger partial charge in [-0.1, -0.05) is 6.07 Å². The Hall–Kier alpha value is -1.99. The zero-order chi connectivity index (χ0) is 17.7. The Bertz CT molecular complexity index is 656. The first kappa shape index (κ1) is 18.4. The van der Waals surface area contributed by atoms with E-state index in [2.05, 4.69) is 0 Å². The monoisotopic (exact) mass is 351 g/mol. The number of hydrogen-bond acceptors (Lipinski definition) is 6. The Kier molecular flexibility index (Phi) is 6.28. The third kappa shape index (κ3) is 4.30. The Balaban J connectivity index is 2.22. The molecule has 0 aromatic heterocycles. The van der Waals surface area contributed by atoms with Crippen molar-refractivity contribution in [3.05, 3.63) is 28.7 Å². The maximum atomic E-state index is 12.3. The maximum absolute atomic E-state index is 12.3. The van der Waals surface area contributed by atoms with E-state index >= 15 is 0 Å². The van der Waals surface area contributed by atoms with Gasteiger partial charge in [-0.2, -0.15) is 0 Å². The molecule has 0 spiro atoms. The summed E-state index contributed by atoms with van der Waals surface area (Å²) in [6.07, 6.45) is 1.71. The molecule has 0 atom stereocenters. The van der Waals surface area contributed by atoms with Gasteiger partial charge in [0.1, 0.15) is 0 Å². The number of nitrogens with zero attached hydrogens (tertiary/aromatic N) is 1. The van der Waals surface area contributed by atoms with Gasteiger partial charge in [-0.3, -0.25) is 14.5 Å². The van der Waals surface area contributed by atoms with E-state index in [4.69, 9.17) is 14.2 Å². The van der Waals surface area contributed by atoms with Crippen molar-refractivity contribution in [1.82, 2.24) is 4.90 Å². The molecule has 1 aromatic rings. The van der Waals surface area contributed by atoms with Crippen molar-refractivity contribution < 1.29 is 23.8 Å². The van der Waals surface area contributed by atoms with Gasteiger partial charge in [-0.25, -0.2) is 0 Å². The predicted octanol–water partition coefficient (Wildman–Crippen LogP) is 3.17. The lowest BCUT2D eigenvalue weighted by molar-refractivity contribution is -0.123. The normalized spacial score (nSPS) is 16.4. The SMILES string of the molecule is COCCN1C(=O)S/C(=C/c2ccc(OC(C)C)c(OC)c2)C1=O. The van der Waals surface area contributed by atoms with Crippen LogP contribution in [0.3, 0.4) is 0 Å². The molecule has 7 heteroatoms. The van der Waals surface area contributed by atoms with Gasteiger partial charge < -0.3 is 14.2 Å². The minimum absolute atomic E-state index is 0.0297. The van der Waals surface area contributed by atoms with Gasteiger partial charge >= 0.3 is 0 Å². The number of carbonyl (C=O) groups excluding carboxylic acids is 2. The molecule has 1 aliphatic heterocycles. The molecule has 1 aliphatic rings. The summed E-state index contributed by atoms with van der Waals surface area (Å²) in [5.74, 6) is 0.914. The Morgan fingerprint density at radius 1 is 1.21 bits per heavy atom. The molecule has 0 N–H and O–H groups in total. The molecule has 2 amide bonds. The molecule has 0 radical (unpaired) electrons. The van der Waals surface area contributed by atoms with Crippen LogP contribution >= 0.6 is 11.8 Å².